The van der Waals surface area contributed by atoms with Crippen molar-refractivity contribution in [2.45, 2.75) is 26.7 Å². The number of carbonyl (C=O) groups is 1. The normalized spacial score (nSPS) is 10.8. The van der Waals surface area contributed by atoms with E-state index in [-0.39, 0.29) is 6.42 Å². The smallest absolute Gasteiger partial charge is 0.0531 e. The van der Waals surface area contributed by atoms with Crippen LogP contribution in [0.25, 0.3) is 16.9 Å². The van der Waals surface area contributed by atoms with Crippen LogP contribution in [0.4, 0.5) is 0 Å². The van der Waals surface area contributed by atoms with E-state index in [0.717, 1.165) is 28.2 Å². The summed E-state index contributed by atoms with van der Waals surface area (Å²) >= 11 is 6.22. The number of carboxylic acid groups (broad SMARTS) is 1. The van der Waals surface area contributed by atoms with E-state index in [0.29, 0.717) is 11.4 Å². The zero-order chi connectivity index (χ0) is 18.0. The van der Waals surface area contributed by atoms with Crippen molar-refractivity contribution >= 4 is 17.6 Å². The van der Waals surface area contributed by atoms with Gasteiger partial charge in [0.15, 0.2) is 0 Å². The largest absolute Gasteiger partial charge is 0.550 e. The molecule has 0 bridgehead atoms. The molecule has 0 saturated carbocycles. The Morgan fingerprint density at radius 2 is 1.76 bits per heavy atom. The lowest BCUT2D eigenvalue weighted by molar-refractivity contribution is -0.305. The van der Waals surface area contributed by atoms with Crippen LogP contribution in [-0.2, 0) is 11.2 Å². The van der Waals surface area contributed by atoms with Gasteiger partial charge in [0, 0.05) is 16.7 Å². The Balaban J connectivity index is 2.17. The van der Waals surface area contributed by atoms with Crippen molar-refractivity contribution in [1.29, 1.82) is 0 Å². The van der Waals surface area contributed by atoms with Crippen molar-refractivity contribution in [1.82, 2.24) is 4.57 Å². The number of halogens is 1. The number of aryl methyl sites for hydroxylation is 3. The molecule has 128 valence electrons. The Bertz CT molecular complexity index is 910. The van der Waals surface area contributed by atoms with Crippen LogP contribution in [-0.4, -0.2) is 10.5 Å². The molecule has 0 fully saturated rings. The van der Waals surface area contributed by atoms with Gasteiger partial charge in [0.25, 0.3) is 0 Å². The van der Waals surface area contributed by atoms with Crippen LogP contribution >= 0.6 is 11.6 Å². The Labute approximate surface area is 152 Å². The molecule has 0 amide bonds. The van der Waals surface area contributed by atoms with E-state index in [9.17, 15) is 9.90 Å². The van der Waals surface area contributed by atoms with Gasteiger partial charge in [-0.15, -0.1) is 0 Å². The van der Waals surface area contributed by atoms with Crippen LogP contribution in [0.1, 0.15) is 23.2 Å². The van der Waals surface area contributed by atoms with Gasteiger partial charge in [-0.1, -0.05) is 47.5 Å². The van der Waals surface area contributed by atoms with Crippen molar-refractivity contribution < 1.29 is 9.90 Å². The Morgan fingerprint density at radius 1 is 1.04 bits per heavy atom. The molecule has 2 aromatic carbocycles. The van der Waals surface area contributed by atoms with E-state index < -0.39 is 5.97 Å². The van der Waals surface area contributed by atoms with Gasteiger partial charge in [-0.2, -0.15) is 0 Å². The second kappa shape index (κ2) is 7.16. The van der Waals surface area contributed by atoms with Crippen LogP contribution in [0.2, 0.25) is 5.02 Å². The number of carbonyl (C=O) groups excluding carboxylic acids is 1. The van der Waals surface area contributed by atoms with E-state index >= 15 is 0 Å². The van der Waals surface area contributed by atoms with E-state index in [4.69, 9.17) is 11.6 Å². The maximum Gasteiger partial charge on any atom is 0.0531 e. The highest BCUT2D eigenvalue weighted by Crippen LogP contribution is 2.30. The highest BCUT2D eigenvalue weighted by Gasteiger charge is 2.14. The molecule has 0 N–H and O–H groups in total. The first kappa shape index (κ1) is 17.3. The van der Waals surface area contributed by atoms with Gasteiger partial charge in [-0.25, -0.2) is 0 Å². The zero-order valence-corrected chi connectivity index (χ0v) is 15.0. The molecular weight excluding hydrogens is 334 g/mol. The van der Waals surface area contributed by atoms with E-state index in [2.05, 4.69) is 35.8 Å². The lowest BCUT2D eigenvalue weighted by atomic mass is 10.1. The molecule has 1 aromatic heterocycles. The molecule has 0 atom stereocenters. The second-order valence-electron chi connectivity index (χ2n) is 6.21. The van der Waals surface area contributed by atoms with Gasteiger partial charge >= 0.3 is 0 Å². The van der Waals surface area contributed by atoms with Crippen LogP contribution in [0.3, 0.4) is 0 Å². The lowest BCUT2D eigenvalue weighted by Crippen LogP contribution is -2.22. The number of benzene rings is 2. The maximum atomic E-state index is 10.9. The highest BCUT2D eigenvalue weighted by molar-refractivity contribution is 6.30. The first-order chi connectivity index (χ1) is 12.0. The van der Waals surface area contributed by atoms with Crippen LogP contribution in [0, 0.1) is 13.8 Å². The van der Waals surface area contributed by atoms with Gasteiger partial charge in [-0.3, -0.25) is 0 Å². The maximum absolute atomic E-state index is 10.9. The average Bonchev–Trinajstić information content (AvgIpc) is 2.99. The first-order valence-electron chi connectivity index (χ1n) is 8.20. The molecular formula is C21H19ClNO2-. The number of hydrogen-bond acceptors (Lipinski definition) is 2. The third-order valence-electron chi connectivity index (χ3n) is 4.31. The Hall–Kier alpha value is -2.52. The number of aromatic nitrogens is 1. The van der Waals surface area contributed by atoms with Crippen molar-refractivity contribution in [3.8, 4) is 16.9 Å². The molecule has 1 heterocycles. The number of rotatable bonds is 5. The van der Waals surface area contributed by atoms with Crippen molar-refractivity contribution in [3.63, 3.8) is 0 Å². The fourth-order valence-corrected chi connectivity index (χ4v) is 3.13. The summed E-state index contributed by atoms with van der Waals surface area (Å²) < 4.78 is 2.09. The molecule has 0 aliphatic rings. The topological polar surface area (TPSA) is 45.1 Å². The minimum atomic E-state index is -1.05. The van der Waals surface area contributed by atoms with Gasteiger partial charge in [-0.05, 0) is 62.1 Å². The monoisotopic (exact) mass is 352 g/mol. The third-order valence-corrected chi connectivity index (χ3v) is 4.54. The molecule has 4 heteroatoms. The van der Waals surface area contributed by atoms with Crippen molar-refractivity contribution in [3.05, 3.63) is 76.4 Å². The molecule has 0 unspecified atom stereocenters. The third kappa shape index (κ3) is 3.77. The van der Waals surface area contributed by atoms with Crippen molar-refractivity contribution in [2.75, 3.05) is 0 Å². The number of aliphatic carboxylic acids is 1. The molecule has 25 heavy (non-hydrogen) atoms. The predicted molar refractivity (Wildman–Crippen MR) is 99.0 cm³/mol. The summed E-state index contributed by atoms with van der Waals surface area (Å²) in [6.45, 7) is 4.07. The van der Waals surface area contributed by atoms with E-state index in [1.807, 2.05) is 37.3 Å². The lowest BCUT2D eigenvalue weighted by Gasteiger charge is -2.17. The van der Waals surface area contributed by atoms with Gasteiger partial charge < -0.3 is 14.5 Å². The van der Waals surface area contributed by atoms with E-state index in [1.54, 1.807) is 0 Å². The van der Waals surface area contributed by atoms with Crippen LogP contribution < -0.4 is 5.11 Å². The fraction of sp³-hybridized carbons (Fsp3) is 0.190. The zero-order valence-electron chi connectivity index (χ0n) is 14.3. The summed E-state index contributed by atoms with van der Waals surface area (Å²) in [6.07, 6.45) is 0.386. The summed E-state index contributed by atoms with van der Waals surface area (Å²) in [5.74, 6) is -1.05. The minimum Gasteiger partial charge on any atom is -0.550 e. The average molecular weight is 353 g/mol. The summed E-state index contributed by atoms with van der Waals surface area (Å²) in [4.78, 5) is 10.9. The standard InChI is InChI=1S/C21H20ClNO2/c1-14-3-6-16(7-4-14)19-11-9-18(10-12-21(24)25)23(19)20-13-17(22)8-5-15(20)2/h3-9,11,13H,10,12H2,1-2H3,(H,24,25)/p-1. The molecule has 0 saturated heterocycles. The van der Waals surface area contributed by atoms with Crippen LogP contribution in [0.15, 0.2) is 54.6 Å². The molecule has 0 spiro atoms. The summed E-state index contributed by atoms with van der Waals surface area (Å²) in [6, 6.07) is 18.0. The molecule has 3 rings (SSSR count). The Morgan fingerprint density at radius 3 is 2.44 bits per heavy atom. The van der Waals surface area contributed by atoms with Crippen molar-refractivity contribution in [2.24, 2.45) is 0 Å². The SMILES string of the molecule is Cc1ccc(-c2ccc(CCC(=O)[O-])n2-c2cc(Cl)ccc2C)cc1. The molecule has 0 aliphatic carbocycles. The first-order valence-corrected chi connectivity index (χ1v) is 8.57. The fourth-order valence-electron chi connectivity index (χ4n) is 2.96. The quantitative estimate of drug-likeness (QED) is 0.694. The molecule has 0 radical (unpaired) electrons. The summed E-state index contributed by atoms with van der Waals surface area (Å²) in [7, 11) is 0. The van der Waals surface area contributed by atoms with Gasteiger partial charge in [0.1, 0.15) is 0 Å². The minimum absolute atomic E-state index is 0.0169. The number of carboxylic acids is 1. The molecule has 0 aliphatic heterocycles. The van der Waals surface area contributed by atoms with Crippen LogP contribution in [0.5, 0.6) is 0 Å². The molecule has 3 aromatic rings. The van der Waals surface area contributed by atoms with Gasteiger partial charge in [0.05, 0.1) is 11.4 Å². The summed E-state index contributed by atoms with van der Waals surface area (Å²) in [5.41, 5.74) is 6.23. The number of hydrogen-bond donors (Lipinski definition) is 0. The van der Waals surface area contributed by atoms with E-state index in [1.165, 1.54) is 5.56 Å². The summed E-state index contributed by atoms with van der Waals surface area (Å²) in [5, 5.41) is 11.6. The Kier molecular flexibility index (Phi) is 4.95. The van der Waals surface area contributed by atoms with Gasteiger partial charge in [0.2, 0.25) is 0 Å². The number of nitrogens with zero attached hydrogens (tertiary/aromatic N) is 1. The predicted octanol–water partition coefficient (Wildman–Crippen LogP) is 4.10. The second-order valence-corrected chi connectivity index (χ2v) is 6.65. The highest BCUT2D eigenvalue weighted by atomic mass is 35.5. The molecule has 3 nitrogen and oxygen atoms in total.